The van der Waals surface area contributed by atoms with Gasteiger partial charge in [-0.3, -0.25) is 9.09 Å². The number of ether oxygens (including phenoxy) is 1. The minimum absolute atomic E-state index is 0. The zero-order valence-electron chi connectivity index (χ0n) is 14.5. The Morgan fingerprint density at radius 1 is 1.29 bits per heavy atom. The quantitative estimate of drug-likeness (QED) is 0.159. The van der Waals surface area contributed by atoms with Gasteiger partial charge in [-0.25, -0.2) is 13.9 Å². The first-order chi connectivity index (χ1) is 12.4. The Balaban J connectivity index is 0.00000392. The summed E-state index contributed by atoms with van der Waals surface area (Å²) in [7, 11) is -10.4. The van der Waals surface area contributed by atoms with Crippen LogP contribution in [0.4, 0.5) is 0 Å². The molecule has 0 aliphatic carbocycles. The summed E-state index contributed by atoms with van der Waals surface area (Å²) in [5.74, 6) is 0.690. The number of aromatic nitrogens is 2. The maximum atomic E-state index is 12.1. The molecule has 1 aliphatic heterocycles. The van der Waals surface area contributed by atoms with Crippen molar-refractivity contribution in [2.45, 2.75) is 36.5 Å². The number of thioether (sulfide) groups is 1. The summed E-state index contributed by atoms with van der Waals surface area (Å²) in [4.78, 5) is 42.2. The van der Waals surface area contributed by atoms with Gasteiger partial charge >= 0.3 is 21.3 Å². The van der Waals surface area contributed by atoms with Crippen molar-refractivity contribution >= 4 is 27.4 Å². The van der Waals surface area contributed by atoms with E-state index in [9.17, 15) is 29.0 Å². The third kappa shape index (κ3) is 6.69. The lowest BCUT2D eigenvalue weighted by Gasteiger charge is -2.18. The summed E-state index contributed by atoms with van der Waals surface area (Å²) < 4.78 is 36.2. The van der Waals surface area contributed by atoms with Crippen LogP contribution in [0.3, 0.4) is 0 Å². The fraction of sp³-hybridized carbons (Fsp3) is 0.636. The maximum Gasteiger partial charge on any atom is 0.481 e. The summed E-state index contributed by atoms with van der Waals surface area (Å²) >= 11 is 1.32. The summed E-state index contributed by atoms with van der Waals surface area (Å²) in [5.41, 5.74) is -0.746. The summed E-state index contributed by atoms with van der Waals surface area (Å²) in [5, 5.41) is 20.5. The second kappa shape index (κ2) is 9.89. The van der Waals surface area contributed by atoms with Crippen LogP contribution in [0.2, 0.25) is 0 Å². The van der Waals surface area contributed by atoms with Gasteiger partial charge in [0.1, 0.15) is 23.3 Å². The SMILES string of the molecule is CCSc1ccn([C@@H]2O[C@H](COP(=O)(O)OP(=O)(O)O)[C@@H](O)[C@H]2O)c(=O)n1.N. The van der Waals surface area contributed by atoms with Gasteiger partial charge in [0.05, 0.1) is 6.61 Å². The molecule has 14 nitrogen and oxygen atoms in total. The zero-order chi connectivity index (χ0) is 20.4. The van der Waals surface area contributed by atoms with Crippen molar-refractivity contribution in [3.63, 3.8) is 0 Å². The van der Waals surface area contributed by atoms with Crippen LogP contribution < -0.4 is 11.8 Å². The molecule has 0 spiro atoms. The standard InChI is InChI=1S/C11H18N2O11P2S.H3N/c1-2-27-7-3-4-13(11(16)12-7)10-9(15)8(14)6(23-10)5-22-26(20,21)24-25(17,18)19;/h3-4,6,8-10,14-15H,2,5H2,1H3,(H,20,21)(H2,17,18,19);1H3/t6-,8-,9-,10-;/m1./s1. The highest BCUT2D eigenvalue weighted by atomic mass is 32.2. The number of nitrogens with zero attached hydrogens (tertiary/aromatic N) is 2. The van der Waals surface area contributed by atoms with Crippen molar-refractivity contribution in [2.24, 2.45) is 0 Å². The fourth-order valence-electron chi connectivity index (χ4n) is 2.24. The molecule has 1 saturated heterocycles. The molecular weight excluding hydrogens is 444 g/mol. The van der Waals surface area contributed by atoms with Crippen LogP contribution >= 0.6 is 27.4 Å². The molecule has 0 saturated carbocycles. The number of phosphoric ester groups is 1. The highest BCUT2D eigenvalue weighted by molar-refractivity contribution is 7.99. The Labute approximate surface area is 162 Å². The van der Waals surface area contributed by atoms with Crippen LogP contribution in [0.15, 0.2) is 22.1 Å². The number of aliphatic hydroxyl groups is 2. The largest absolute Gasteiger partial charge is 0.481 e. The molecule has 2 heterocycles. The van der Waals surface area contributed by atoms with E-state index < -0.39 is 52.5 Å². The lowest BCUT2D eigenvalue weighted by Crippen LogP contribution is -2.36. The molecule has 1 aliphatic rings. The summed E-state index contributed by atoms with van der Waals surface area (Å²) in [6.07, 6.45) is -4.65. The van der Waals surface area contributed by atoms with Crippen LogP contribution in [0.1, 0.15) is 13.2 Å². The van der Waals surface area contributed by atoms with E-state index in [0.717, 1.165) is 4.57 Å². The molecule has 1 aromatic heterocycles. The first-order valence-corrected chi connectivity index (χ1v) is 11.4. The van der Waals surface area contributed by atoms with Gasteiger partial charge in [0, 0.05) is 6.20 Å². The van der Waals surface area contributed by atoms with E-state index in [-0.39, 0.29) is 6.15 Å². The van der Waals surface area contributed by atoms with Gasteiger partial charge in [-0.1, -0.05) is 6.92 Å². The van der Waals surface area contributed by atoms with E-state index in [1.807, 2.05) is 6.92 Å². The first kappa shape index (κ1) is 25.4. The van der Waals surface area contributed by atoms with E-state index in [4.69, 9.17) is 14.5 Å². The smallest absolute Gasteiger partial charge is 0.387 e. The topological polar surface area (TPSA) is 233 Å². The van der Waals surface area contributed by atoms with Gasteiger partial charge in [0.25, 0.3) is 0 Å². The number of hydrogen-bond acceptors (Lipinski definition) is 11. The average Bonchev–Trinajstić information content (AvgIpc) is 2.79. The fourth-order valence-corrected chi connectivity index (χ4v) is 4.44. The van der Waals surface area contributed by atoms with Crippen LogP contribution in [-0.2, 0) is 22.7 Å². The molecule has 17 heteroatoms. The normalized spacial score (nSPS) is 27.2. The van der Waals surface area contributed by atoms with E-state index >= 15 is 0 Å². The number of phosphoric acid groups is 2. The summed E-state index contributed by atoms with van der Waals surface area (Å²) in [6.45, 7) is 1.02. The van der Waals surface area contributed by atoms with Crippen LogP contribution in [0.25, 0.3) is 0 Å². The molecule has 0 radical (unpaired) electrons. The lowest BCUT2D eigenvalue weighted by atomic mass is 10.1. The summed E-state index contributed by atoms with van der Waals surface area (Å²) in [6, 6.07) is 1.51. The molecule has 1 fully saturated rings. The highest BCUT2D eigenvalue weighted by Gasteiger charge is 2.45. The van der Waals surface area contributed by atoms with Crippen molar-refractivity contribution in [3.05, 3.63) is 22.7 Å². The Morgan fingerprint density at radius 3 is 2.46 bits per heavy atom. The van der Waals surface area contributed by atoms with Crippen molar-refractivity contribution in [1.82, 2.24) is 15.7 Å². The molecule has 5 atom stereocenters. The van der Waals surface area contributed by atoms with Crippen molar-refractivity contribution in [1.29, 1.82) is 0 Å². The minimum Gasteiger partial charge on any atom is -0.387 e. The molecule has 1 unspecified atom stereocenters. The number of hydrogen-bond donors (Lipinski definition) is 6. The van der Waals surface area contributed by atoms with Gasteiger partial charge < -0.3 is 35.8 Å². The Morgan fingerprint density at radius 2 is 1.93 bits per heavy atom. The van der Waals surface area contributed by atoms with Crippen LogP contribution in [0.5, 0.6) is 0 Å². The van der Waals surface area contributed by atoms with Gasteiger partial charge in [-0.05, 0) is 11.8 Å². The van der Waals surface area contributed by atoms with Gasteiger partial charge in [0.2, 0.25) is 0 Å². The highest BCUT2D eigenvalue weighted by Crippen LogP contribution is 2.57. The van der Waals surface area contributed by atoms with Gasteiger partial charge in [-0.15, -0.1) is 11.8 Å². The molecule has 1 aromatic rings. The second-order valence-corrected chi connectivity index (χ2v) is 9.39. The molecule has 0 aromatic carbocycles. The average molecular weight is 465 g/mol. The number of rotatable bonds is 8. The van der Waals surface area contributed by atoms with E-state index in [2.05, 4.69) is 13.8 Å². The Bertz CT molecular complexity index is 817. The van der Waals surface area contributed by atoms with Crippen molar-refractivity contribution in [2.75, 3.05) is 12.4 Å². The molecule has 0 bridgehead atoms. The van der Waals surface area contributed by atoms with Crippen LogP contribution in [-0.4, -0.2) is 65.1 Å². The third-order valence-corrected chi connectivity index (χ3v) is 6.28. The van der Waals surface area contributed by atoms with E-state index in [1.54, 1.807) is 0 Å². The Hall–Kier alpha value is -0.670. The molecule has 8 N–H and O–H groups in total. The second-order valence-electron chi connectivity index (χ2n) is 5.27. The molecule has 162 valence electrons. The lowest BCUT2D eigenvalue weighted by molar-refractivity contribution is -0.0543. The van der Waals surface area contributed by atoms with Gasteiger partial charge in [0.15, 0.2) is 6.23 Å². The third-order valence-electron chi connectivity index (χ3n) is 3.32. The molecule has 28 heavy (non-hydrogen) atoms. The Kier molecular flexibility index (Phi) is 8.96. The maximum absolute atomic E-state index is 12.1. The van der Waals surface area contributed by atoms with Crippen LogP contribution in [0, 0.1) is 0 Å². The molecular formula is C11H21N3O11P2S. The van der Waals surface area contributed by atoms with Gasteiger partial charge in [-0.2, -0.15) is 9.29 Å². The van der Waals surface area contributed by atoms with E-state index in [0.29, 0.717) is 10.8 Å². The minimum atomic E-state index is -5.30. The molecule has 2 rings (SSSR count). The zero-order valence-corrected chi connectivity index (χ0v) is 17.1. The first-order valence-electron chi connectivity index (χ1n) is 7.41. The van der Waals surface area contributed by atoms with Crippen molar-refractivity contribution < 1.29 is 47.6 Å². The predicted molar refractivity (Wildman–Crippen MR) is 94.7 cm³/mol. The van der Waals surface area contributed by atoms with E-state index in [1.165, 1.54) is 24.0 Å². The predicted octanol–water partition coefficient (Wildman–Crippen LogP) is -0.637. The van der Waals surface area contributed by atoms with Crippen molar-refractivity contribution in [3.8, 4) is 0 Å². The number of aliphatic hydroxyl groups excluding tert-OH is 2. The monoisotopic (exact) mass is 465 g/mol. The molecule has 0 amide bonds.